The third-order valence-electron chi connectivity index (χ3n) is 2.87. The Morgan fingerprint density at radius 2 is 2.19 bits per heavy atom. The van der Waals surface area contributed by atoms with E-state index in [0.717, 1.165) is 29.3 Å². The number of hydrogen-bond donors (Lipinski definition) is 1. The van der Waals surface area contributed by atoms with Crippen molar-refractivity contribution < 1.29 is 14.0 Å². The minimum atomic E-state index is 0.365. The summed E-state index contributed by atoms with van der Waals surface area (Å²) in [6.45, 7) is 4.31. The van der Waals surface area contributed by atoms with E-state index in [4.69, 9.17) is 25.6 Å². The lowest BCUT2D eigenvalue weighted by Crippen LogP contribution is -2.19. The first kappa shape index (κ1) is 15.8. The minimum absolute atomic E-state index is 0.365. The molecule has 0 bridgehead atoms. The van der Waals surface area contributed by atoms with Crippen LogP contribution in [-0.4, -0.2) is 25.4 Å². The summed E-state index contributed by atoms with van der Waals surface area (Å²) < 4.78 is 15.8. The topological polar surface area (TPSA) is 56.5 Å². The summed E-state index contributed by atoms with van der Waals surface area (Å²) in [5.41, 5.74) is 1.76. The maximum Gasteiger partial charge on any atom is 0.134 e. The summed E-state index contributed by atoms with van der Waals surface area (Å²) in [7, 11) is 1.68. The number of ether oxygens (including phenoxy) is 2. The van der Waals surface area contributed by atoms with Gasteiger partial charge in [-0.3, -0.25) is 0 Å². The number of rotatable bonds is 8. The van der Waals surface area contributed by atoms with Crippen molar-refractivity contribution in [2.24, 2.45) is 0 Å². The van der Waals surface area contributed by atoms with E-state index >= 15 is 0 Å². The largest absolute Gasteiger partial charge is 0.487 e. The summed E-state index contributed by atoms with van der Waals surface area (Å²) in [5, 5.41) is 7.86. The molecule has 6 heteroatoms. The average Bonchev–Trinajstić information content (AvgIpc) is 2.88. The number of benzene rings is 1. The second-order valence-corrected chi connectivity index (χ2v) is 5.08. The molecule has 21 heavy (non-hydrogen) atoms. The Morgan fingerprint density at radius 3 is 2.90 bits per heavy atom. The highest BCUT2D eigenvalue weighted by Gasteiger charge is 2.07. The van der Waals surface area contributed by atoms with Crippen LogP contribution in [-0.2, 0) is 17.9 Å². The van der Waals surface area contributed by atoms with Crippen molar-refractivity contribution in [1.29, 1.82) is 0 Å². The molecule has 1 aromatic carbocycles. The maximum absolute atomic E-state index is 6.04. The maximum atomic E-state index is 6.04. The van der Waals surface area contributed by atoms with Crippen LogP contribution in [0.15, 0.2) is 28.8 Å². The Balaban J connectivity index is 1.97. The van der Waals surface area contributed by atoms with Crippen LogP contribution >= 0.6 is 11.6 Å². The van der Waals surface area contributed by atoms with Gasteiger partial charge in [0.2, 0.25) is 0 Å². The molecule has 0 aliphatic rings. The molecule has 0 atom stereocenters. The zero-order valence-electron chi connectivity index (χ0n) is 12.2. The lowest BCUT2D eigenvalue weighted by molar-refractivity contribution is 0.199. The smallest absolute Gasteiger partial charge is 0.134 e. The third-order valence-corrected chi connectivity index (χ3v) is 3.11. The molecule has 0 saturated heterocycles. The average molecular weight is 311 g/mol. The zero-order chi connectivity index (χ0) is 15.1. The molecule has 114 valence electrons. The number of aryl methyl sites for hydroxylation is 1. The van der Waals surface area contributed by atoms with Gasteiger partial charge in [0, 0.05) is 36.9 Å². The first-order chi connectivity index (χ1) is 10.2. The van der Waals surface area contributed by atoms with Crippen molar-refractivity contribution in [2.75, 3.05) is 20.3 Å². The van der Waals surface area contributed by atoms with Crippen molar-refractivity contribution in [3.05, 3.63) is 46.3 Å². The number of halogens is 1. The Morgan fingerprint density at radius 1 is 1.33 bits per heavy atom. The van der Waals surface area contributed by atoms with Crippen LogP contribution in [0, 0.1) is 6.92 Å². The van der Waals surface area contributed by atoms with Gasteiger partial charge in [-0.05, 0) is 25.1 Å². The van der Waals surface area contributed by atoms with E-state index < -0.39 is 0 Å². The molecule has 1 heterocycles. The molecular formula is C15H19ClN2O3. The Bertz CT molecular complexity index is 572. The second kappa shape index (κ2) is 8.02. The highest BCUT2D eigenvalue weighted by atomic mass is 35.5. The predicted octanol–water partition coefficient (Wildman–Crippen LogP) is 2.95. The van der Waals surface area contributed by atoms with E-state index in [0.29, 0.717) is 24.8 Å². The van der Waals surface area contributed by atoms with Gasteiger partial charge in [0.1, 0.15) is 23.8 Å². The lowest BCUT2D eigenvalue weighted by Gasteiger charge is -2.12. The summed E-state index contributed by atoms with van der Waals surface area (Å²) in [6.07, 6.45) is 0. The molecule has 0 saturated carbocycles. The first-order valence-corrected chi connectivity index (χ1v) is 7.10. The van der Waals surface area contributed by atoms with Crippen molar-refractivity contribution in [3.63, 3.8) is 0 Å². The van der Waals surface area contributed by atoms with Crippen molar-refractivity contribution >= 4 is 11.6 Å². The Kier molecular flexibility index (Phi) is 6.04. The fourth-order valence-electron chi connectivity index (χ4n) is 1.86. The molecule has 2 aromatic rings. The van der Waals surface area contributed by atoms with Crippen LogP contribution < -0.4 is 10.1 Å². The number of nitrogens with zero attached hydrogens (tertiary/aromatic N) is 1. The molecule has 1 aromatic heterocycles. The standard InChI is InChI=1S/C15H19ClN2O3/c1-11-7-14(18-21-11)10-20-15-4-3-13(16)8-12(15)9-17-5-6-19-2/h3-4,7-8,17H,5-6,9-10H2,1-2H3. The first-order valence-electron chi connectivity index (χ1n) is 6.72. The minimum Gasteiger partial charge on any atom is -0.487 e. The van der Waals surface area contributed by atoms with Gasteiger partial charge in [-0.2, -0.15) is 0 Å². The summed E-state index contributed by atoms with van der Waals surface area (Å²) >= 11 is 6.04. The van der Waals surface area contributed by atoms with Gasteiger partial charge in [-0.1, -0.05) is 16.8 Å². The fourth-order valence-corrected chi connectivity index (χ4v) is 2.06. The van der Waals surface area contributed by atoms with Gasteiger partial charge < -0.3 is 19.3 Å². The molecule has 0 spiro atoms. The number of nitrogens with one attached hydrogen (secondary N) is 1. The summed E-state index contributed by atoms with van der Waals surface area (Å²) in [4.78, 5) is 0. The monoisotopic (exact) mass is 310 g/mol. The fraction of sp³-hybridized carbons (Fsp3) is 0.400. The molecule has 5 nitrogen and oxygen atoms in total. The third kappa shape index (κ3) is 5.04. The quantitative estimate of drug-likeness (QED) is 0.760. The SMILES string of the molecule is COCCNCc1cc(Cl)ccc1OCc1cc(C)on1. The molecule has 0 radical (unpaired) electrons. The Labute approximate surface area is 129 Å². The Hall–Kier alpha value is -1.56. The molecule has 0 aliphatic carbocycles. The highest BCUT2D eigenvalue weighted by Crippen LogP contribution is 2.23. The summed E-state index contributed by atoms with van der Waals surface area (Å²) in [6, 6.07) is 7.42. The van der Waals surface area contributed by atoms with E-state index in [1.165, 1.54) is 0 Å². The number of methoxy groups -OCH3 is 1. The van der Waals surface area contributed by atoms with Crippen LogP contribution in [0.25, 0.3) is 0 Å². The van der Waals surface area contributed by atoms with E-state index in [9.17, 15) is 0 Å². The van der Waals surface area contributed by atoms with Gasteiger partial charge in [-0.25, -0.2) is 0 Å². The van der Waals surface area contributed by atoms with Crippen LogP contribution in [0.1, 0.15) is 17.0 Å². The molecule has 0 aliphatic heterocycles. The second-order valence-electron chi connectivity index (χ2n) is 4.64. The normalized spacial score (nSPS) is 10.8. The van der Waals surface area contributed by atoms with Crippen LogP contribution in [0.4, 0.5) is 0 Å². The van der Waals surface area contributed by atoms with E-state index in [1.54, 1.807) is 7.11 Å². The van der Waals surface area contributed by atoms with Crippen molar-refractivity contribution in [2.45, 2.75) is 20.1 Å². The van der Waals surface area contributed by atoms with Gasteiger partial charge in [-0.15, -0.1) is 0 Å². The molecule has 2 rings (SSSR count). The molecule has 0 amide bonds. The molecule has 0 unspecified atom stereocenters. The number of hydrogen-bond acceptors (Lipinski definition) is 5. The van der Waals surface area contributed by atoms with Crippen molar-refractivity contribution in [1.82, 2.24) is 10.5 Å². The van der Waals surface area contributed by atoms with E-state index in [1.807, 2.05) is 31.2 Å². The highest BCUT2D eigenvalue weighted by molar-refractivity contribution is 6.30. The number of aromatic nitrogens is 1. The van der Waals surface area contributed by atoms with Crippen LogP contribution in [0.2, 0.25) is 5.02 Å². The van der Waals surface area contributed by atoms with Crippen molar-refractivity contribution in [3.8, 4) is 5.75 Å². The lowest BCUT2D eigenvalue weighted by atomic mass is 10.2. The van der Waals surface area contributed by atoms with E-state index in [2.05, 4.69) is 10.5 Å². The molecule has 1 N–H and O–H groups in total. The predicted molar refractivity (Wildman–Crippen MR) is 80.6 cm³/mol. The molecule has 0 fully saturated rings. The molecular weight excluding hydrogens is 292 g/mol. The zero-order valence-corrected chi connectivity index (χ0v) is 12.9. The van der Waals surface area contributed by atoms with E-state index in [-0.39, 0.29) is 0 Å². The van der Waals surface area contributed by atoms with Crippen LogP contribution in [0.3, 0.4) is 0 Å². The van der Waals surface area contributed by atoms with Gasteiger partial charge >= 0.3 is 0 Å². The summed E-state index contributed by atoms with van der Waals surface area (Å²) in [5.74, 6) is 1.55. The van der Waals surface area contributed by atoms with Crippen LogP contribution in [0.5, 0.6) is 5.75 Å². The van der Waals surface area contributed by atoms with Gasteiger partial charge in [0.15, 0.2) is 0 Å². The van der Waals surface area contributed by atoms with Gasteiger partial charge in [0.25, 0.3) is 0 Å². The van der Waals surface area contributed by atoms with Gasteiger partial charge in [0.05, 0.1) is 6.61 Å².